The van der Waals surface area contributed by atoms with Gasteiger partial charge in [0.1, 0.15) is 11.9 Å². The second-order valence-electron chi connectivity index (χ2n) is 5.13. The largest absolute Gasteiger partial charge is 0.488 e. The van der Waals surface area contributed by atoms with Crippen LogP contribution in [0.3, 0.4) is 0 Å². The van der Waals surface area contributed by atoms with Crippen molar-refractivity contribution in [2.45, 2.75) is 31.8 Å². The molecule has 0 radical (unpaired) electrons. The molecule has 1 aliphatic heterocycles. The first-order valence-electron chi connectivity index (χ1n) is 6.35. The molecule has 0 saturated heterocycles. The number of carbonyl (C=O) groups excluding carboxylic acids is 1. The number of ether oxygens (including phenoxy) is 2. The van der Waals surface area contributed by atoms with E-state index in [4.69, 9.17) is 9.47 Å². The van der Waals surface area contributed by atoms with Crippen molar-refractivity contribution in [3.63, 3.8) is 0 Å². The highest BCUT2D eigenvalue weighted by Crippen LogP contribution is 2.53. The average molecular weight is 390 g/mol. The highest BCUT2D eigenvalue weighted by Gasteiger charge is 2.45. The first-order valence-corrected chi connectivity index (χ1v) is 7.94. The lowest BCUT2D eigenvalue weighted by molar-refractivity contribution is -0.142. The summed E-state index contributed by atoms with van der Waals surface area (Å²) in [7, 11) is 0. The van der Waals surface area contributed by atoms with E-state index >= 15 is 0 Å². The van der Waals surface area contributed by atoms with Crippen molar-refractivity contribution in [2.75, 3.05) is 6.61 Å². The number of halogens is 2. The molecule has 1 aromatic rings. The van der Waals surface area contributed by atoms with E-state index in [0.717, 1.165) is 27.5 Å². The van der Waals surface area contributed by atoms with E-state index in [2.05, 4.69) is 37.9 Å². The number of hydrogen-bond acceptors (Lipinski definition) is 3. The molecule has 2 aliphatic rings. The van der Waals surface area contributed by atoms with Gasteiger partial charge in [0.2, 0.25) is 0 Å². The Morgan fingerprint density at radius 2 is 2.21 bits per heavy atom. The zero-order chi connectivity index (χ0) is 13.6. The van der Waals surface area contributed by atoms with Crippen LogP contribution in [0.25, 0.3) is 0 Å². The number of esters is 1. The Morgan fingerprint density at radius 3 is 2.95 bits per heavy atom. The van der Waals surface area contributed by atoms with E-state index in [1.165, 1.54) is 12.5 Å². The topological polar surface area (TPSA) is 35.5 Å². The van der Waals surface area contributed by atoms with Gasteiger partial charge >= 0.3 is 5.97 Å². The summed E-state index contributed by atoms with van der Waals surface area (Å²) in [5.74, 6) is 1.43. The zero-order valence-electron chi connectivity index (χ0n) is 10.5. The predicted octanol–water partition coefficient (Wildman–Crippen LogP) is 4.03. The lowest BCUT2D eigenvalue weighted by Gasteiger charge is -2.17. The van der Waals surface area contributed by atoms with Crippen LogP contribution in [0.4, 0.5) is 0 Å². The second kappa shape index (κ2) is 5.09. The molecule has 3 nitrogen and oxygen atoms in total. The molecular weight excluding hydrogens is 376 g/mol. The van der Waals surface area contributed by atoms with Crippen LogP contribution >= 0.6 is 31.9 Å². The molecule has 1 fully saturated rings. The normalized spacial score (nSPS) is 27.6. The molecule has 1 heterocycles. The van der Waals surface area contributed by atoms with Crippen LogP contribution in [0.15, 0.2) is 21.1 Å². The van der Waals surface area contributed by atoms with E-state index in [1.54, 1.807) is 0 Å². The standard InChI is InChI=1S/C14H14Br2O3/c1-7(17)18-6-8-2-3-12-13(8)10-4-9(15)5-11(16)14(10)19-12/h4-5,8,12-13H,2-3,6H2,1H3/t8-,12+,13+/m1/s1. The monoisotopic (exact) mass is 388 g/mol. The fourth-order valence-corrected chi connectivity index (χ4v) is 4.49. The van der Waals surface area contributed by atoms with Gasteiger partial charge in [-0.05, 0) is 40.9 Å². The maximum atomic E-state index is 11.0. The van der Waals surface area contributed by atoms with E-state index in [1.807, 2.05) is 6.07 Å². The number of rotatable bonds is 2. The molecule has 5 heteroatoms. The molecule has 3 atom stereocenters. The summed E-state index contributed by atoms with van der Waals surface area (Å²) in [5, 5.41) is 0. The number of benzene rings is 1. The fraction of sp³-hybridized carbons (Fsp3) is 0.500. The Kier molecular flexibility index (Phi) is 3.60. The quantitative estimate of drug-likeness (QED) is 0.716. The Hall–Kier alpha value is -0.550. The van der Waals surface area contributed by atoms with Gasteiger partial charge in [-0.3, -0.25) is 4.79 Å². The smallest absolute Gasteiger partial charge is 0.302 e. The van der Waals surface area contributed by atoms with Crippen molar-refractivity contribution in [1.82, 2.24) is 0 Å². The van der Waals surface area contributed by atoms with E-state index in [0.29, 0.717) is 18.4 Å². The summed E-state index contributed by atoms with van der Waals surface area (Å²) in [4.78, 5) is 11.0. The van der Waals surface area contributed by atoms with Gasteiger partial charge in [0.25, 0.3) is 0 Å². The molecule has 19 heavy (non-hydrogen) atoms. The zero-order valence-corrected chi connectivity index (χ0v) is 13.7. The molecule has 1 saturated carbocycles. The van der Waals surface area contributed by atoms with Gasteiger partial charge in [-0.15, -0.1) is 0 Å². The summed E-state index contributed by atoms with van der Waals surface area (Å²) in [5.41, 5.74) is 1.22. The van der Waals surface area contributed by atoms with Crippen molar-refractivity contribution in [3.8, 4) is 5.75 Å². The molecule has 1 aliphatic carbocycles. The first-order chi connectivity index (χ1) is 9.06. The molecule has 0 spiro atoms. The Bertz CT molecular complexity index is 530. The maximum Gasteiger partial charge on any atom is 0.302 e. The molecule has 1 aromatic carbocycles. The van der Waals surface area contributed by atoms with Crippen molar-refractivity contribution in [3.05, 3.63) is 26.6 Å². The Balaban J connectivity index is 1.88. The maximum absolute atomic E-state index is 11.0. The van der Waals surface area contributed by atoms with Gasteiger partial charge in [0, 0.05) is 28.8 Å². The summed E-state index contributed by atoms with van der Waals surface area (Å²) < 4.78 is 13.3. The lowest BCUT2D eigenvalue weighted by atomic mass is 9.89. The molecule has 0 N–H and O–H groups in total. The van der Waals surface area contributed by atoms with Crippen molar-refractivity contribution >= 4 is 37.8 Å². The third kappa shape index (κ3) is 2.42. The van der Waals surface area contributed by atoms with Crippen LogP contribution in [-0.4, -0.2) is 18.7 Å². The average Bonchev–Trinajstić information content (AvgIpc) is 2.86. The van der Waals surface area contributed by atoms with Crippen LogP contribution in [0, 0.1) is 5.92 Å². The molecule has 0 bridgehead atoms. The summed E-state index contributed by atoms with van der Waals surface area (Å²) in [6.45, 7) is 1.95. The molecular formula is C14H14Br2O3. The minimum absolute atomic E-state index is 0.210. The Labute approximate surface area is 128 Å². The molecule has 102 valence electrons. The second-order valence-corrected chi connectivity index (χ2v) is 6.90. The summed E-state index contributed by atoms with van der Waals surface area (Å²) in [6.07, 6.45) is 2.29. The molecule has 0 aromatic heterocycles. The first kappa shape index (κ1) is 13.4. The summed E-state index contributed by atoms with van der Waals surface area (Å²) in [6, 6.07) is 4.12. The van der Waals surface area contributed by atoms with Gasteiger partial charge in [0.05, 0.1) is 11.1 Å². The van der Waals surface area contributed by atoms with E-state index in [-0.39, 0.29) is 12.1 Å². The van der Waals surface area contributed by atoms with Crippen molar-refractivity contribution in [1.29, 1.82) is 0 Å². The van der Waals surface area contributed by atoms with Crippen LogP contribution in [0.2, 0.25) is 0 Å². The Morgan fingerprint density at radius 1 is 1.42 bits per heavy atom. The molecule has 0 amide bonds. The van der Waals surface area contributed by atoms with Gasteiger partial charge in [-0.25, -0.2) is 0 Å². The van der Waals surface area contributed by atoms with Gasteiger partial charge < -0.3 is 9.47 Å². The summed E-state index contributed by atoms with van der Waals surface area (Å²) >= 11 is 7.07. The third-order valence-electron chi connectivity index (χ3n) is 3.90. The fourth-order valence-electron chi connectivity index (χ4n) is 3.14. The number of carbonyl (C=O) groups is 1. The highest BCUT2D eigenvalue weighted by atomic mass is 79.9. The lowest BCUT2D eigenvalue weighted by Crippen LogP contribution is -2.19. The van der Waals surface area contributed by atoms with Gasteiger partial charge in [-0.1, -0.05) is 15.9 Å². The third-order valence-corrected chi connectivity index (χ3v) is 4.94. The van der Waals surface area contributed by atoms with E-state index < -0.39 is 0 Å². The van der Waals surface area contributed by atoms with Gasteiger partial charge in [-0.2, -0.15) is 0 Å². The SMILES string of the molecule is CC(=O)OC[C@H]1CC[C@@H]2Oc3c(Br)cc(Br)cc3[C@H]12. The number of fused-ring (bicyclic) bond motifs is 3. The highest BCUT2D eigenvalue weighted by molar-refractivity contribution is 9.11. The van der Waals surface area contributed by atoms with Crippen LogP contribution in [-0.2, 0) is 9.53 Å². The van der Waals surface area contributed by atoms with Crippen LogP contribution in [0.5, 0.6) is 5.75 Å². The minimum atomic E-state index is -0.210. The van der Waals surface area contributed by atoms with Gasteiger partial charge in [0.15, 0.2) is 0 Å². The van der Waals surface area contributed by atoms with Crippen molar-refractivity contribution < 1.29 is 14.3 Å². The van der Waals surface area contributed by atoms with E-state index in [9.17, 15) is 4.79 Å². The molecule has 0 unspecified atom stereocenters. The number of hydrogen-bond donors (Lipinski definition) is 0. The van der Waals surface area contributed by atoms with Crippen LogP contribution in [0.1, 0.15) is 31.2 Å². The minimum Gasteiger partial charge on any atom is -0.488 e. The molecule has 3 rings (SSSR count). The van der Waals surface area contributed by atoms with Crippen LogP contribution < -0.4 is 4.74 Å². The van der Waals surface area contributed by atoms with Crippen molar-refractivity contribution in [2.24, 2.45) is 5.92 Å². The predicted molar refractivity (Wildman–Crippen MR) is 78.4 cm³/mol.